The summed E-state index contributed by atoms with van der Waals surface area (Å²) in [5.41, 5.74) is 2.62. The van der Waals surface area contributed by atoms with Crippen LogP contribution in [0.2, 0.25) is 0 Å². The van der Waals surface area contributed by atoms with Crippen molar-refractivity contribution in [2.45, 2.75) is 50.7 Å². The molecule has 1 aromatic heterocycles. The van der Waals surface area contributed by atoms with Crippen LogP contribution >= 0.6 is 22.6 Å². The largest absolute Gasteiger partial charge is 0.458 e. The number of rotatable bonds is 2. The smallest absolute Gasteiger partial charge is 0.359 e. The van der Waals surface area contributed by atoms with Gasteiger partial charge in [0.15, 0.2) is 5.69 Å². The van der Waals surface area contributed by atoms with Gasteiger partial charge in [-0.3, -0.25) is 9.36 Å². The average Bonchev–Trinajstić information content (AvgIpc) is 3.03. The molecule has 27 heavy (non-hydrogen) atoms. The summed E-state index contributed by atoms with van der Waals surface area (Å²) in [6.45, 7) is 0.705. The van der Waals surface area contributed by atoms with Crippen LogP contribution in [0.5, 0.6) is 0 Å². The third kappa shape index (κ3) is 2.69. The van der Waals surface area contributed by atoms with Gasteiger partial charge in [-0.15, -0.1) is 0 Å². The molecule has 0 radical (unpaired) electrons. The van der Waals surface area contributed by atoms with Gasteiger partial charge in [-0.2, -0.15) is 0 Å². The second-order valence-corrected chi connectivity index (χ2v) is 8.61. The number of aromatic nitrogens is 2. The van der Waals surface area contributed by atoms with Gasteiger partial charge in [-0.25, -0.2) is 9.78 Å². The summed E-state index contributed by atoms with van der Waals surface area (Å²) in [6.07, 6.45) is 7.77. The minimum Gasteiger partial charge on any atom is -0.458 e. The monoisotopic (exact) mass is 477 g/mol. The quantitative estimate of drug-likeness (QED) is 0.487. The van der Waals surface area contributed by atoms with E-state index in [1.165, 1.54) is 6.42 Å². The van der Waals surface area contributed by atoms with Crippen LogP contribution in [0.25, 0.3) is 5.69 Å². The molecule has 0 bridgehead atoms. The summed E-state index contributed by atoms with van der Waals surface area (Å²) in [7, 11) is 0. The van der Waals surface area contributed by atoms with Crippen LogP contribution in [0, 0.1) is 3.57 Å². The number of fused-ring (bicyclic) bond motifs is 5. The lowest BCUT2D eigenvalue weighted by Gasteiger charge is -2.39. The highest BCUT2D eigenvalue weighted by Crippen LogP contribution is 2.42. The molecule has 1 aliphatic carbocycles. The van der Waals surface area contributed by atoms with E-state index in [4.69, 9.17) is 4.74 Å². The molecule has 0 unspecified atom stereocenters. The molecule has 2 fully saturated rings. The maximum absolute atomic E-state index is 13.1. The molecule has 1 amide bonds. The molecular weight excluding hydrogens is 457 g/mol. The zero-order chi connectivity index (χ0) is 18.5. The Labute approximate surface area is 171 Å². The van der Waals surface area contributed by atoms with Crippen molar-refractivity contribution < 1.29 is 14.3 Å². The molecule has 1 atom stereocenters. The fourth-order valence-electron chi connectivity index (χ4n) is 4.40. The molecule has 5 rings (SSSR count). The number of hydrogen-bond acceptors (Lipinski definition) is 4. The lowest BCUT2D eigenvalue weighted by Crippen LogP contribution is -2.45. The number of nitrogens with zero attached hydrogens (tertiary/aromatic N) is 3. The second-order valence-electron chi connectivity index (χ2n) is 7.45. The normalized spacial score (nSPS) is 21.6. The zero-order valence-corrected chi connectivity index (χ0v) is 17.0. The van der Waals surface area contributed by atoms with Gasteiger partial charge in [0.25, 0.3) is 5.91 Å². The van der Waals surface area contributed by atoms with Crippen LogP contribution in [-0.4, -0.2) is 39.0 Å². The first-order chi connectivity index (χ1) is 13.1. The number of imidazole rings is 1. The van der Waals surface area contributed by atoms with E-state index in [2.05, 4.69) is 27.6 Å². The predicted octanol–water partition coefficient (Wildman–Crippen LogP) is 3.87. The first-order valence-electron chi connectivity index (χ1n) is 9.53. The minimum atomic E-state index is -0.357. The number of amides is 1. The maximum Gasteiger partial charge on any atom is 0.359 e. The highest BCUT2D eigenvalue weighted by Gasteiger charge is 2.43. The van der Waals surface area contributed by atoms with Crippen LogP contribution < -0.4 is 0 Å². The van der Waals surface area contributed by atoms with Crippen LogP contribution in [0.1, 0.15) is 71.1 Å². The van der Waals surface area contributed by atoms with E-state index in [1.54, 1.807) is 6.33 Å². The Kier molecular flexibility index (Phi) is 4.22. The molecule has 0 spiro atoms. The van der Waals surface area contributed by atoms with Gasteiger partial charge < -0.3 is 9.64 Å². The number of esters is 1. The zero-order valence-electron chi connectivity index (χ0n) is 14.9. The van der Waals surface area contributed by atoms with E-state index in [0.717, 1.165) is 47.1 Å². The van der Waals surface area contributed by atoms with E-state index in [9.17, 15) is 9.59 Å². The van der Waals surface area contributed by atoms with Crippen LogP contribution in [0.4, 0.5) is 0 Å². The van der Waals surface area contributed by atoms with Crippen molar-refractivity contribution in [3.05, 3.63) is 45.0 Å². The number of carbonyl (C=O) groups excluding carboxylic acids is 2. The predicted molar refractivity (Wildman–Crippen MR) is 107 cm³/mol. The molecule has 3 aliphatic rings. The first kappa shape index (κ1) is 17.2. The Balaban J connectivity index is 1.57. The molecule has 140 valence electrons. The van der Waals surface area contributed by atoms with E-state index < -0.39 is 0 Å². The lowest BCUT2D eigenvalue weighted by atomic mass is 9.97. The Hall–Kier alpha value is -1.90. The molecule has 0 N–H and O–H groups in total. The van der Waals surface area contributed by atoms with E-state index in [0.29, 0.717) is 17.8 Å². The lowest BCUT2D eigenvalue weighted by molar-refractivity contribution is 0.0192. The SMILES string of the molecule is O=C(OC1CCCCC1)c1ncn2c1[C@@H]1CCN1C(=O)c1c(I)cccc1-2. The molecule has 7 heteroatoms. The average molecular weight is 477 g/mol. The summed E-state index contributed by atoms with van der Waals surface area (Å²) >= 11 is 2.20. The summed E-state index contributed by atoms with van der Waals surface area (Å²) in [6, 6.07) is 5.67. The Morgan fingerprint density at radius 1 is 1.19 bits per heavy atom. The molecule has 1 saturated carbocycles. The van der Waals surface area contributed by atoms with Gasteiger partial charge in [0.05, 0.1) is 23.0 Å². The fraction of sp³-hybridized carbons (Fsp3) is 0.450. The summed E-state index contributed by atoms with van der Waals surface area (Å²) in [5, 5.41) is 0. The number of halogens is 1. The highest BCUT2D eigenvalue weighted by molar-refractivity contribution is 14.1. The van der Waals surface area contributed by atoms with E-state index >= 15 is 0 Å². The second kappa shape index (κ2) is 6.61. The van der Waals surface area contributed by atoms with Crippen molar-refractivity contribution in [1.29, 1.82) is 0 Å². The molecular formula is C20H20IN3O3. The van der Waals surface area contributed by atoms with E-state index in [-0.39, 0.29) is 24.0 Å². The van der Waals surface area contributed by atoms with Crippen LogP contribution in [-0.2, 0) is 4.74 Å². The summed E-state index contributed by atoms with van der Waals surface area (Å²) < 4.78 is 8.59. The Morgan fingerprint density at radius 3 is 2.74 bits per heavy atom. The van der Waals surface area contributed by atoms with Crippen molar-refractivity contribution in [3.63, 3.8) is 0 Å². The van der Waals surface area contributed by atoms with Gasteiger partial charge in [-0.1, -0.05) is 12.5 Å². The Bertz CT molecular complexity index is 933. The minimum absolute atomic E-state index is 0.0123. The van der Waals surface area contributed by atoms with Gasteiger partial charge in [-0.05, 0) is 66.8 Å². The molecule has 2 aromatic rings. The highest BCUT2D eigenvalue weighted by atomic mass is 127. The van der Waals surface area contributed by atoms with Crippen LogP contribution in [0.15, 0.2) is 24.5 Å². The number of ether oxygens (including phenoxy) is 1. The van der Waals surface area contributed by atoms with Crippen LogP contribution in [0.3, 0.4) is 0 Å². The maximum atomic E-state index is 13.1. The standard InChI is InChI=1S/C20H20IN3O3/c21-13-7-4-8-14-16(13)19(25)23-10-9-15(23)18-17(22-11-24(14)18)20(26)27-12-5-2-1-3-6-12/h4,7-8,11-12,15H,1-3,5-6,9-10H2/t15-/m0/s1. The molecule has 1 aromatic carbocycles. The van der Waals surface area contributed by atoms with E-state index in [1.807, 2.05) is 27.7 Å². The topological polar surface area (TPSA) is 64.4 Å². The van der Waals surface area contributed by atoms with Gasteiger partial charge in [0, 0.05) is 10.1 Å². The summed E-state index contributed by atoms with van der Waals surface area (Å²) in [4.78, 5) is 32.2. The fourth-order valence-corrected chi connectivity index (χ4v) is 5.11. The van der Waals surface area contributed by atoms with Crippen molar-refractivity contribution in [2.24, 2.45) is 0 Å². The molecule has 6 nitrogen and oxygen atoms in total. The van der Waals surface area contributed by atoms with Gasteiger partial charge in [0.2, 0.25) is 0 Å². The van der Waals surface area contributed by atoms with Crippen molar-refractivity contribution in [2.75, 3.05) is 6.54 Å². The Morgan fingerprint density at radius 2 is 2.00 bits per heavy atom. The van der Waals surface area contributed by atoms with Crippen molar-refractivity contribution in [1.82, 2.24) is 14.5 Å². The number of benzene rings is 1. The molecule has 2 aliphatic heterocycles. The molecule has 1 saturated heterocycles. The first-order valence-corrected chi connectivity index (χ1v) is 10.6. The van der Waals surface area contributed by atoms with Gasteiger partial charge in [0.1, 0.15) is 12.4 Å². The van der Waals surface area contributed by atoms with Crippen molar-refractivity contribution in [3.8, 4) is 5.69 Å². The third-order valence-corrected chi connectivity index (χ3v) is 6.78. The third-order valence-electron chi connectivity index (χ3n) is 5.88. The van der Waals surface area contributed by atoms with Crippen molar-refractivity contribution >= 4 is 34.5 Å². The molecule has 3 heterocycles. The van der Waals surface area contributed by atoms with Gasteiger partial charge >= 0.3 is 5.97 Å². The number of carbonyl (C=O) groups is 2. The number of hydrogen-bond donors (Lipinski definition) is 0. The summed E-state index contributed by atoms with van der Waals surface area (Å²) in [5.74, 6) is -0.328.